The minimum absolute atomic E-state index is 0. The Labute approximate surface area is 293 Å². The first-order valence-electron chi connectivity index (χ1n) is 18.9. The van der Waals surface area contributed by atoms with E-state index in [1.807, 2.05) is 27.7 Å². The highest BCUT2D eigenvalue weighted by Crippen LogP contribution is 2.76. The summed E-state index contributed by atoms with van der Waals surface area (Å²) in [6.45, 7) is 25.5. The van der Waals surface area contributed by atoms with Gasteiger partial charge in [-0.15, -0.1) is 0 Å². The molecule has 48 heavy (non-hydrogen) atoms. The van der Waals surface area contributed by atoms with Crippen molar-refractivity contribution in [3.63, 3.8) is 0 Å². The molecule has 10 atom stereocenters. The number of carbonyl (C=O) groups excluding carboxylic acids is 2. The second-order valence-electron chi connectivity index (χ2n) is 16.8. The molecule has 2 N–H and O–H groups in total. The maximum absolute atomic E-state index is 12.9. The SMILES string of the molecule is C.CC.CC.CCC(=O)OC[C@@]1(C)C2CC[C@]3(C)C(CC=C4[C@@H]5CC(C)(C)CC[C@]5(C(=O)O)CC[C@]43C)[C@@]2(C)CC[C@@H]1OC(=O)[C@@H](C)O. The Morgan fingerprint density at radius 2 is 1.50 bits per heavy atom. The molecule has 0 aromatic carbocycles. The zero-order chi connectivity index (χ0) is 35.8. The van der Waals surface area contributed by atoms with Gasteiger partial charge in [-0.2, -0.15) is 0 Å². The Hall–Kier alpha value is -1.89. The second-order valence-corrected chi connectivity index (χ2v) is 16.8. The van der Waals surface area contributed by atoms with Crippen molar-refractivity contribution in [1.82, 2.24) is 0 Å². The minimum atomic E-state index is -1.21. The van der Waals surface area contributed by atoms with Crippen molar-refractivity contribution in [2.45, 2.75) is 173 Å². The molecule has 0 bridgehead atoms. The lowest BCUT2D eigenvalue weighted by atomic mass is 9.33. The fraction of sp³-hybridized carbons (Fsp3) is 0.878. The number of ether oxygens (including phenoxy) is 2. The predicted octanol–water partition coefficient (Wildman–Crippen LogP) is 9.79. The molecule has 0 aromatic rings. The van der Waals surface area contributed by atoms with Crippen molar-refractivity contribution in [3.05, 3.63) is 11.6 Å². The lowest BCUT2D eigenvalue weighted by Crippen LogP contribution is -2.66. The number of carbonyl (C=O) groups is 3. The Bertz CT molecular complexity index is 1190. The average Bonchev–Trinajstić information content (AvgIpc) is 3.03. The number of hydrogen-bond acceptors (Lipinski definition) is 6. The van der Waals surface area contributed by atoms with Gasteiger partial charge in [-0.05, 0) is 111 Å². The van der Waals surface area contributed by atoms with E-state index >= 15 is 0 Å². The van der Waals surface area contributed by atoms with Crippen LogP contribution in [0.15, 0.2) is 11.6 Å². The lowest BCUT2D eigenvalue weighted by Gasteiger charge is -2.71. The van der Waals surface area contributed by atoms with E-state index in [9.17, 15) is 24.6 Å². The van der Waals surface area contributed by atoms with E-state index < -0.39 is 35.0 Å². The molecule has 4 fully saturated rings. The van der Waals surface area contributed by atoms with Crippen molar-refractivity contribution in [2.75, 3.05) is 6.61 Å². The molecule has 0 spiro atoms. The van der Waals surface area contributed by atoms with Crippen LogP contribution >= 0.6 is 0 Å². The van der Waals surface area contributed by atoms with Crippen LogP contribution in [0.3, 0.4) is 0 Å². The van der Waals surface area contributed by atoms with Crippen LogP contribution in [0.2, 0.25) is 0 Å². The molecular weight excluding hydrogens is 604 g/mol. The Balaban J connectivity index is 0.00000154. The summed E-state index contributed by atoms with van der Waals surface area (Å²) in [5.41, 5.74) is 0.149. The summed E-state index contributed by atoms with van der Waals surface area (Å²) < 4.78 is 11.8. The van der Waals surface area contributed by atoms with Crippen LogP contribution in [0, 0.1) is 50.2 Å². The van der Waals surface area contributed by atoms with Crippen LogP contribution in [0.25, 0.3) is 0 Å². The molecule has 7 nitrogen and oxygen atoms in total. The summed E-state index contributed by atoms with van der Waals surface area (Å²) in [5.74, 6) is -0.883. The minimum Gasteiger partial charge on any atom is -0.481 e. The first kappa shape index (κ1) is 42.3. The maximum atomic E-state index is 12.9. The number of aliphatic hydroxyl groups is 1. The number of esters is 2. The number of allylic oxidation sites excluding steroid dienone is 2. The quantitative estimate of drug-likeness (QED) is 0.213. The molecule has 5 rings (SSSR count). The zero-order valence-corrected chi connectivity index (χ0v) is 31.9. The number of hydrogen-bond donors (Lipinski definition) is 2. The fourth-order valence-corrected chi connectivity index (χ4v) is 11.4. The third-order valence-electron chi connectivity index (χ3n) is 14.2. The summed E-state index contributed by atoms with van der Waals surface area (Å²) in [6.07, 6.45) is 9.78. The Kier molecular flexibility index (Phi) is 13.3. The molecule has 0 amide bonds. The largest absolute Gasteiger partial charge is 0.481 e. The number of rotatable bonds is 6. The van der Waals surface area contributed by atoms with Gasteiger partial charge in [0.1, 0.15) is 18.8 Å². The summed E-state index contributed by atoms with van der Waals surface area (Å²) in [4.78, 5) is 37.9. The molecule has 7 heteroatoms. The van der Waals surface area contributed by atoms with Gasteiger partial charge in [-0.1, -0.05) is 95.2 Å². The molecule has 5 aliphatic carbocycles. The van der Waals surface area contributed by atoms with Gasteiger partial charge in [0.05, 0.1) is 5.41 Å². The molecule has 5 aliphatic rings. The molecule has 4 saturated carbocycles. The van der Waals surface area contributed by atoms with Gasteiger partial charge in [-0.3, -0.25) is 9.59 Å². The van der Waals surface area contributed by atoms with Gasteiger partial charge in [0.25, 0.3) is 0 Å². The van der Waals surface area contributed by atoms with Gasteiger partial charge in [0, 0.05) is 11.8 Å². The van der Waals surface area contributed by atoms with E-state index in [1.165, 1.54) is 12.5 Å². The second kappa shape index (κ2) is 15.2. The molecule has 0 saturated heterocycles. The molecule has 0 radical (unpaired) electrons. The van der Waals surface area contributed by atoms with Crippen molar-refractivity contribution in [2.24, 2.45) is 50.2 Å². The number of fused-ring (bicyclic) bond motifs is 7. The predicted molar refractivity (Wildman–Crippen MR) is 193 cm³/mol. The zero-order valence-electron chi connectivity index (χ0n) is 31.9. The number of aliphatic carboxylic acids is 1. The smallest absolute Gasteiger partial charge is 0.334 e. The topological polar surface area (TPSA) is 110 Å². The van der Waals surface area contributed by atoms with Crippen molar-refractivity contribution in [1.29, 1.82) is 0 Å². The summed E-state index contributed by atoms with van der Waals surface area (Å²) in [7, 11) is 0. The molecule has 0 heterocycles. The maximum Gasteiger partial charge on any atom is 0.334 e. The van der Waals surface area contributed by atoms with E-state index in [0.717, 1.165) is 57.8 Å². The summed E-state index contributed by atoms with van der Waals surface area (Å²) in [6, 6.07) is 0. The number of carboxylic acids is 1. The first-order chi connectivity index (χ1) is 21.9. The fourth-order valence-electron chi connectivity index (χ4n) is 11.4. The van der Waals surface area contributed by atoms with Crippen LogP contribution in [-0.4, -0.2) is 46.9 Å². The number of carboxylic acid groups (broad SMARTS) is 1. The van der Waals surface area contributed by atoms with Crippen molar-refractivity contribution >= 4 is 17.9 Å². The van der Waals surface area contributed by atoms with Gasteiger partial charge in [0.2, 0.25) is 0 Å². The lowest BCUT2D eigenvalue weighted by molar-refractivity contribution is -0.229. The van der Waals surface area contributed by atoms with Crippen LogP contribution in [0.5, 0.6) is 0 Å². The highest BCUT2D eigenvalue weighted by Gasteiger charge is 2.70. The van der Waals surface area contributed by atoms with E-state index in [2.05, 4.69) is 47.6 Å². The van der Waals surface area contributed by atoms with E-state index in [-0.39, 0.29) is 53.5 Å². The third-order valence-corrected chi connectivity index (χ3v) is 14.2. The Morgan fingerprint density at radius 3 is 2.06 bits per heavy atom. The van der Waals surface area contributed by atoms with Crippen molar-refractivity contribution in [3.8, 4) is 0 Å². The van der Waals surface area contributed by atoms with E-state index in [0.29, 0.717) is 18.8 Å². The molecule has 0 aromatic heterocycles. The molecule has 278 valence electrons. The summed E-state index contributed by atoms with van der Waals surface area (Å²) in [5, 5.41) is 20.6. The molecule has 2 unspecified atom stereocenters. The first-order valence-corrected chi connectivity index (χ1v) is 18.9. The van der Waals surface area contributed by atoms with Crippen LogP contribution in [0.4, 0.5) is 0 Å². The van der Waals surface area contributed by atoms with Crippen LogP contribution in [0.1, 0.15) is 161 Å². The van der Waals surface area contributed by atoms with Gasteiger partial charge in [-0.25, -0.2) is 4.79 Å². The molecule has 0 aliphatic heterocycles. The highest BCUT2D eigenvalue weighted by molar-refractivity contribution is 5.77. The van der Waals surface area contributed by atoms with E-state index in [4.69, 9.17) is 9.47 Å². The van der Waals surface area contributed by atoms with Gasteiger partial charge in [0.15, 0.2) is 0 Å². The summed E-state index contributed by atoms with van der Waals surface area (Å²) >= 11 is 0. The number of aliphatic hydroxyl groups excluding tert-OH is 1. The standard InChI is InChI=1S/C36H56O7.2C2H6.CH4/c1-9-28(38)42-21-33(6)25-12-15-35(8)26(32(25,5)14-13-27(33)43-29(39)22(2)37)11-10-23-24-20-31(3,4)16-18-36(24,30(40)41)19-17-34(23,35)7;2*1-2;/h10,22,24-27,37H,9,11-21H2,1-8H3,(H,40,41);2*1-2H3;1H4/t22-,24+,25?,26?,27+,32+,33+,34-,35-,36+;;;/m1.../s1. The third kappa shape index (κ3) is 6.64. The van der Waals surface area contributed by atoms with E-state index in [1.54, 1.807) is 6.92 Å². The normalized spacial score (nSPS) is 41.1. The van der Waals surface area contributed by atoms with Gasteiger partial charge >= 0.3 is 17.9 Å². The van der Waals surface area contributed by atoms with Crippen molar-refractivity contribution < 1.29 is 34.1 Å². The van der Waals surface area contributed by atoms with Crippen LogP contribution in [-0.2, 0) is 23.9 Å². The van der Waals surface area contributed by atoms with Gasteiger partial charge < -0.3 is 19.7 Å². The monoisotopic (exact) mass is 677 g/mol. The molecular formula is C41H72O7. The van der Waals surface area contributed by atoms with Crippen LogP contribution < -0.4 is 0 Å². The Morgan fingerprint density at radius 1 is 0.896 bits per heavy atom. The highest BCUT2D eigenvalue weighted by atomic mass is 16.6. The average molecular weight is 677 g/mol.